The molecule has 0 radical (unpaired) electrons. The average Bonchev–Trinajstić information content (AvgIpc) is 2.82. The summed E-state index contributed by atoms with van der Waals surface area (Å²) in [6, 6.07) is 6.83. The van der Waals surface area contributed by atoms with Gasteiger partial charge in [0, 0.05) is 13.1 Å². The molecule has 0 aliphatic heterocycles. The van der Waals surface area contributed by atoms with Crippen molar-refractivity contribution in [3.05, 3.63) is 53.7 Å². The predicted molar refractivity (Wildman–Crippen MR) is 60.4 cm³/mol. The van der Waals surface area contributed by atoms with Gasteiger partial charge in [-0.15, -0.1) is 0 Å². The summed E-state index contributed by atoms with van der Waals surface area (Å²) >= 11 is 0. The van der Waals surface area contributed by atoms with Crippen molar-refractivity contribution in [1.82, 2.24) is 10.3 Å². The molecule has 2 N–H and O–H groups in total. The van der Waals surface area contributed by atoms with Crippen LogP contribution < -0.4 is 5.32 Å². The summed E-state index contributed by atoms with van der Waals surface area (Å²) in [6.45, 7) is 1.18. The van der Waals surface area contributed by atoms with Crippen LogP contribution in [-0.4, -0.2) is 16.1 Å². The predicted octanol–water partition coefficient (Wildman–Crippen LogP) is 1.66. The van der Waals surface area contributed by atoms with Crippen LogP contribution in [0, 0.1) is 0 Å². The van der Waals surface area contributed by atoms with E-state index in [1.807, 2.05) is 6.07 Å². The SMILES string of the molecule is O=C(O)c1cccc(CNCc2cocn2)c1. The van der Waals surface area contributed by atoms with Gasteiger partial charge in [0.05, 0.1) is 11.3 Å². The van der Waals surface area contributed by atoms with Gasteiger partial charge in [-0.3, -0.25) is 0 Å². The van der Waals surface area contributed by atoms with Gasteiger partial charge in [0.2, 0.25) is 0 Å². The molecular formula is C12H12N2O3. The lowest BCUT2D eigenvalue weighted by atomic mass is 10.1. The molecule has 0 amide bonds. The van der Waals surface area contributed by atoms with E-state index in [1.54, 1.807) is 24.5 Å². The van der Waals surface area contributed by atoms with E-state index in [-0.39, 0.29) is 0 Å². The maximum Gasteiger partial charge on any atom is 0.335 e. The van der Waals surface area contributed by atoms with Crippen molar-refractivity contribution < 1.29 is 14.3 Å². The highest BCUT2D eigenvalue weighted by molar-refractivity contribution is 5.87. The second-order valence-corrected chi connectivity index (χ2v) is 3.59. The van der Waals surface area contributed by atoms with Crippen molar-refractivity contribution in [3.8, 4) is 0 Å². The quantitative estimate of drug-likeness (QED) is 0.820. The smallest absolute Gasteiger partial charge is 0.335 e. The molecule has 0 aliphatic carbocycles. The van der Waals surface area contributed by atoms with Crippen molar-refractivity contribution >= 4 is 5.97 Å². The number of benzene rings is 1. The Morgan fingerprint density at radius 2 is 2.29 bits per heavy atom. The summed E-state index contributed by atoms with van der Waals surface area (Å²) < 4.78 is 4.84. The van der Waals surface area contributed by atoms with Crippen LogP contribution in [0.1, 0.15) is 21.6 Å². The van der Waals surface area contributed by atoms with Gasteiger partial charge in [-0.25, -0.2) is 9.78 Å². The Labute approximate surface area is 98.1 Å². The van der Waals surface area contributed by atoms with Crippen molar-refractivity contribution in [2.75, 3.05) is 0 Å². The van der Waals surface area contributed by atoms with Gasteiger partial charge in [0.25, 0.3) is 0 Å². The Hall–Kier alpha value is -2.14. The minimum atomic E-state index is -0.914. The summed E-state index contributed by atoms with van der Waals surface area (Å²) in [5.41, 5.74) is 2.04. The first kappa shape index (κ1) is 11.3. The van der Waals surface area contributed by atoms with E-state index in [9.17, 15) is 4.79 Å². The Morgan fingerprint density at radius 3 is 3.00 bits per heavy atom. The molecule has 17 heavy (non-hydrogen) atoms. The number of nitrogens with zero attached hydrogens (tertiary/aromatic N) is 1. The van der Waals surface area contributed by atoms with E-state index >= 15 is 0 Å². The molecule has 0 aliphatic rings. The topological polar surface area (TPSA) is 75.4 Å². The van der Waals surface area contributed by atoms with Crippen LogP contribution >= 0.6 is 0 Å². The minimum Gasteiger partial charge on any atom is -0.478 e. The molecule has 5 heteroatoms. The molecule has 2 aromatic rings. The number of aromatic carboxylic acids is 1. The lowest BCUT2D eigenvalue weighted by molar-refractivity contribution is 0.0696. The van der Waals surface area contributed by atoms with Crippen LogP contribution in [0.4, 0.5) is 0 Å². The molecule has 0 saturated heterocycles. The highest BCUT2D eigenvalue weighted by Crippen LogP contribution is 2.05. The molecule has 5 nitrogen and oxygen atoms in total. The zero-order chi connectivity index (χ0) is 12.1. The van der Waals surface area contributed by atoms with Crippen LogP contribution in [0.25, 0.3) is 0 Å². The number of hydrogen-bond acceptors (Lipinski definition) is 4. The summed E-state index contributed by atoms with van der Waals surface area (Å²) in [5, 5.41) is 12.0. The fourth-order valence-corrected chi connectivity index (χ4v) is 1.47. The first-order valence-electron chi connectivity index (χ1n) is 5.16. The third-order valence-corrected chi connectivity index (χ3v) is 2.29. The monoisotopic (exact) mass is 232 g/mol. The van der Waals surface area contributed by atoms with E-state index in [4.69, 9.17) is 9.52 Å². The maximum absolute atomic E-state index is 10.8. The highest BCUT2D eigenvalue weighted by atomic mass is 16.4. The van der Waals surface area contributed by atoms with Gasteiger partial charge < -0.3 is 14.8 Å². The normalized spacial score (nSPS) is 10.4. The highest BCUT2D eigenvalue weighted by Gasteiger charge is 2.03. The number of rotatable bonds is 5. The Morgan fingerprint density at radius 1 is 1.41 bits per heavy atom. The third-order valence-electron chi connectivity index (χ3n) is 2.29. The minimum absolute atomic E-state index is 0.297. The van der Waals surface area contributed by atoms with Gasteiger partial charge in [0.1, 0.15) is 6.26 Å². The lowest BCUT2D eigenvalue weighted by Crippen LogP contribution is -2.13. The number of carbonyl (C=O) groups is 1. The van der Waals surface area contributed by atoms with Crippen LogP contribution in [0.5, 0.6) is 0 Å². The van der Waals surface area contributed by atoms with Gasteiger partial charge in [0.15, 0.2) is 6.39 Å². The fourth-order valence-electron chi connectivity index (χ4n) is 1.47. The molecule has 1 aromatic carbocycles. The van der Waals surface area contributed by atoms with E-state index < -0.39 is 5.97 Å². The fraction of sp³-hybridized carbons (Fsp3) is 0.167. The Bertz CT molecular complexity index is 494. The number of carboxylic acid groups (broad SMARTS) is 1. The molecule has 88 valence electrons. The van der Waals surface area contributed by atoms with Gasteiger partial charge >= 0.3 is 5.97 Å². The van der Waals surface area contributed by atoms with Gasteiger partial charge in [-0.1, -0.05) is 12.1 Å². The number of oxazole rings is 1. The molecule has 0 saturated carbocycles. The van der Waals surface area contributed by atoms with Crippen molar-refractivity contribution in [2.24, 2.45) is 0 Å². The van der Waals surface area contributed by atoms with Gasteiger partial charge in [-0.2, -0.15) is 0 Å². The van der Waals surface area contributed by atoms with Crippen LogP contribution in [0.15, 0.2) is 41.3 Å². The molecule has 0 spiro atoms. The van der Waals surface area contributed by atoms with E-state index in [0.717, 1.165) is 11.3 Å². The molecular weight excluding hydrogens is 220 g/mol. The standard InChI is InChI=1S/C12H12N2O3/c15-12(16)10-3-1-2-9(4-10)5-13-6-11-7-17-8-14-11/h1-4,7-8,13H,5-6H2,(H,15,16). The lowest BCUT2D eigenvalue weighted by Gasteiger charge is -2.03. The molecule has 1 aromatic heterocycles. The second-order valence-electron chi connectivity index (χ2n) is 3.59. The maximum atomic E-state index is 10.8. The Balaban J connectivity index is 1.90. The average molecular weight is 232 g/mol. The second kappa shape index (κ2) is 5.27. The molecule has 1 heterocycles. The molecule has 0 fully saturated rings. The Kier molecular flexibility index (Phi) is 3.52. The largest absolute Gasteiger partial charge is 0.478 e. The zero-order valence-electron chi connectivity index (χ0n) is 9.09. The summed E-state index contributed by atoms with van der Waals surface area (Å²) in [4.78, 5) is 14.7. The zero-order valence-corrected chi connectivity index (χ0v) is 9.09. The van der Waals surface area contributed by atoms with E-state index in [1.165, 1.54) is 6.39 Å². The molecule has 0 atom stereocenters. The van der Waals surface area contributed by atoms with Crippen LogP contribution in [0.3, 0.4) is 0 Å². The van der Waals surface area contributed by atoms with E-state index in [0.29, 0.717) is 18.7 Å². The van der Waals surface area contributed by atoms with Crippen molar-refractivity contribution in [3.63, 3.8) is 0 Å². The molecule has 2 rings (SSSR count). The van der Waals surface area contributed by atoms with Gasteiger partial charge in [-0.05, 0) is 17.7 Å². The number of carboxylic acids is 1. The van der Waals surface area contributed by atoms with Crippen molar-refractivity contribution in [2.45, 2.75) is 13.1 Å². The summed E-state index contributed by atoms with van der Waals surface area (Å²) in [5.74, 6) is -0.914. The number of nitrogens with one attached hydrogen (secondary N) is 1. The summed E-state index contributed by atoms with van der Waals surface area (Å²) in [6.07, 6.45) is 2.95. The van der Waals surface area contributed by atoms with Crippen molar-refractivity contribution in [1.29, 1.82) is 0 Å². The number of aromatic nitrogens is 1. The van der Waals surface area contributed by atoms with Crippen LogP contribution in [0.2, 0.25) is 0 Å². The van der Waals surface area contributed by atoms with E-state index in [2.05, 4.69) is 10.3 Å². The summed E-state index contributed by atoms with van der Waals surface area (Å²) in [7, 11) is 0. The third kappa shape index (κ3) is 3.15. The molecule has 0 unspecified atom stereocenters. The number of hydrogen-bond donors (Lipinski definition) is 2. The first-order chi connectivity index (χ1) is 8.25. The molecule has 0 bridgehead atoms. The van der Waals surface area contributed by atoms with Crippen LogP contribution in [-0.2, 0) is 13.1 Å². The first-order valence-corrected chi connectivity index (χ1v) is 5.16.